The molecule has 2 aromatic heterocycles. The molecule has 0 aliphatic carbocycles. The van der Waals surface area contributed by atoms with Crippen molar-refractivity contribution in [2.45, 2.75) is 40.2 Å². The summed E-state index contributed by atoms with van der Waals surface area (Å²) in [6, 6.07) is 0. The van der Waals surface area contributed by atoms with Gasteiger partial charge in [-0.15, -0.1) is 0 Å². The van der Waals surface area contributed by atoms with Crippen LogP contribution >= 0.6 is 15.6 Å². The quantitative estimate of drug-likeness (QED) is 0.0996. The summed E-state index contributed by atoms with van der Waals surface area (Å²) in [5, 5.41) is 44.1. The predicted octanol–water partition coefficient (Wildman–Crippen LogP) is -14.5. The minimum atomic E-state index is -5.39. The van der Waals surface area contributed by atoms with Crippen LogP contribution in [0.5, 0.6) is 11.5 Å². The molecule has 0 aliphatic heterocycles. The number of carboxylic acid groups (broad SMARTS) is 2. The van der Waals surface area contributed by atoms with Crippen molar-refractivity contribution in [3.63, 3.8) is 0 Å². The molecule has 46 heavy (non-hydrogen) atoms. The molecule has 0 bridgehead atoms. The zero-order valence-corrected chi connectivity index (χ0v) is 34.8. The molecule has 1 atom stereocenters. The number of pyridine rings is 2. The molecular weight excluding hydrogens is 730 g/mol. The van der Waals surface area contributed by atoms with Crippen molar-refractivity contribution < 1.29 is 183 Å². The number of hydrogen-bond donors (Lipinski definition) is 3. The Hall–Kier alpha value is 0.499. The molecule has 241 valence electrons. The van der Waals surface area contributed by atoms with Gasteiger partial charge < -0.3 is 63.2 Å². The molecule has 0 saturated carbocycles. The summed E-state index contributed by atoms with van der Waals surface area (Å²) < 4.78 is 30.7. The van der Waals surface area contributed by atoms with E-state index in [1.54, 1.807) is 0 Å². The maximum atomic E-state index is 11.5. The third kappa shape index (κ3) is 18.5. The van der Waals surface area contributed by atoms with Crippen molar-refractivity contribution in [1.82, 2.24) is 9.80 Å². The molecule has 24 heteroatoms. The fourth-order valence-corrected chi connectivity index (χ4v) is 4.49. The molecule has 0 spiro atoms. The van der Waals surface area contributed by atoms with E-state index in [0.717, 1.165) is 0 Å². The minimum absolute atomic E-state index is 0. The first-order chi connectivity index (χ1) is 19.4. The number of carboxylic acids is 2. The fourth-order valence-electron chi connectivity index (χ4n) is 3.89. The van der Waals surface area contributed by atoms with Crippen LogP contribution in [0, 0.1) is 13.8 Å². The van der Waals surface area contributed by atoms with E-state index in [1.165, 1.54) is 36.0 Å². The molecule has 5 N–H and O–H groups in total. The third-order valence-corrected chi connectivity index (χ3v) is 6.85. The number of H-pyrrole nitrogens is 2. The van der Waals surface area contributed by atoms with Gasteiger partial charge in [0.25, 0.3) is 7.82 Å². The molecule has 1 radical (unpaired) electrons. The van der Waals surface area contributed by atoms with Gasteiger partial charge >= 0.3 is 88.7 Å². The Kier molecular flexibility index (Phi) is 25.5. The smallest absolute Gasteiger partial charge is 0.790 e. The van der Waals surface area contributed by atoms with Gasteiger partial charge in [-0.3, -0.25) is 14.4 Å². The molecular formula is C22H29MnN4Na3O14P2. The van der Waals surface area contributed by atoms with Crippen LogP contribution in [-0.2, 0) is 71.1 Å². The minimum Gasteiger partial charge on any atom is -0.790 e. The van der Waals surface area contributed by atoms with Crippen LogP contribution in [0.3, 0.4) is 0 Å². The molecule has 0 aromatic carbocycles. The summed E-state index contributed by atoms with van der Waals surface area (Å²) in [6.45, 7) is -1.03. The topological polar surface area (TPSA) is 297 Å². The van der Waals surface area contributed by atoms with Crippen molar-refractivity contribution in [1.29, 1.82) is 0 Å². The fraction of sp³-hybridized carbons (Fsp3) is 0.455. The first-order valence-electron chi connectivity index (χ1n) is 12.0. The van der Waals surface area contributed by atoms with Crippen molar-refractivity contribution in [3.8, 4) is 11.5 Å². The predicted molar refractivity (Wildman–Crippen MR) is 126 cm³/mol. The van der Waals surface area contributed by atoms with Crippen molar-refractivity contribution >= 4 is 27.6 Å². The molecule has 0 amide bonds. The SMILES string of the molecule is Cc1[nH+]cc(COP(=O)([O-])[O-])c(CN(CCN(CC(=O)[O-])Cc2c(COP(=O)([O-])O)c[nH+]c(C)c2O)CC(=O)[O-])c1O.[Mn].[Na+].[Na+].[Na+]. The number of aromatic hydroxyl groups is 2. The number of hydrogen-bond acceptors (Lipinski definition) is 15. The second-order valence-corrected chi connectivity index (χ2v) is 11.5. The van der Waals surface area contributed by atoms with E-state index in [4.69, 9.17) is 4.89 Å². The van der Waals surface area contributed by atoms with Crippen molar-refractivity contribution in [3.05, 3.63) is 46.0 Å². The number of phosphoric ester groups is 2. The maximum absolute atomic E-state index is 11.5. The zero-order valence-electron chi connectivity index (χ0n) is 25.8. The number of aliphatic carboxylic acids is 2. The monoisotopic (exact) mass is 759 g/mol. The number of carbonyl (C=O) groups is 2. The number of nitrogens with zero attached hydrogens (tertiary/aromatic N) is 2. The van der Waals surface area contributed by atoms with Gasteiger partial charge in [0.15, 0.2) is 23.9 Å². The Labute approximate surface area is 341 Å². The van der Waals surface area contributed by atoms with Gasteiger partial charge in [-0.2, -0.15) is 0 Å². The normalized spacial score (nSPS) is 12.3. The molecule has 0 aliphatic rings. The van der Waals surface area contributed by atoms with E-state index in [2.05, 4.69) is 19.0 Å². The largest absolute Gasteiger partial charge is 1.00 e. The van der Waals surface area contributed by atoms with Crippen LogP contribution in [0.2, 0.25) is 0 Å². The third-order valence-electron chi connectivity index (χ3n) is 5.95. The molecule has 0 saturated heterocycles. The van der Waals surface area contributed by atoms with E-state index < -0.39 is 53.9 Å². The van der Waals surface area contributed by atoms with E-state index >= 15 is 0 Å². The average molecular weight is 759 g/mol. The van der Waals surface area contributed by atoms with E-state index in [-0.39, 0.29) is 177 Å². The van der Waals surface area contributed by atoms with Gasteiger partial charge in [0.2, 0.25) is 11.4 Å². The average Bonchev–Trinajstić information content (AvgIpc) is 2.85. The molecule has 2 heterocycles. The van der Waals surface area contributed by atoms with Crippen LogP contribution in [0.1, 0.15) is 33.6 Å². The van der Waals surface area contributed by atoms with Crippen LogP contribution in [0.25, 0.3) is 0 Å². The summed E-state index contributed by atoms with van der Waals surface area (Å²) >= 11 is 0. The number of nitrogens with one attached hydrogen (secondary N) is 2. The zero-order chi connectivity index (χ0) is 31.8. The molecule has 2 rings (SSSR count). The Balaban J connectivity index is -0.00000462. The van der Waals surface area contributed by atoms with Crippen molar-refractivity contribution in [2.24, 2.45) is 0 Å². The second-order valence-electron chi connectivity index (χ2n) is 9.16. The Morgan fingerprint density at radius 1 is 0.783 bits per heavy atom. The Morgan fingerprint density at radius 3 is 1.43 bits per heavy atom. The number of phosphoric acid groups is 2. The molecule has 18 nitrogen and oxygen atoms in total. The van der Waals surface area contributed by atoms with Gasteiger partial charge in [0.05, 0.1) is 44.1 Å². The number of rotatable bonds is 17. The van der Waals surface area contributed by atoms with Gasteiger partial charge in [0, 0.05) is 81.3 Å². The molecule has 0 fully saturated rings. The number of aromatic nitrogens is 2. The van der Waals surface area contributed by atoms with E-state index in [0.29, 0.717) is 0 Å². The molecule has 2 aromatic rings. The van der Waals surface area contributed by atoms with Gasteiger partial charge in [-0.25, -0.2) is 9.97 Å². The summed E-state index contributed by atoms with van der Waals surface area (Å²) in [4.78, 5) is 72.7. The van der Waals surface area contributed by atoms with Gasteiger partial charge in [-0.1, -0.05) is 0 Å². The molecule has 1 unspecified atom stereocenters. The summed E-state index contributed by atoms with van der Waals surface area (Å²) in [5.41, 5.74) is 0.586. The van der Waals surface area contributed by atoms with Crippen LogP contribution < -0.4 is 124 Å². The van der Waals surface area contributed by atoms with E-state index in [9.17, 15) is 53.8 Å². The first-order valence-corrected chi connectivity index (χ1v) is 14.9. The van der Waals surface area contributed by atoms with Crippen molar-refractivity contribution in [2.75, 3.05) is 26.2 Å². The summed E-state index contributed by atoms with van der Waals surface area (Å²) in [7, 11) is -10.5. The standard InChI is InChI=1S/C22H32N4O14P2.Mn.3Na/c1-13-21(31)17(15(5-23-13)11-39-41(33,34)35)7-25(9-19(27)28)3-4-26(10-20(29)30)8-18-16(12-40-42(36,37)38)6-24-14(2)22(18)32;;;;/h5-6,31-32H,3-4,7-12H2,1-2H3,(H,27,28)(H,29,30)(H2,33,34,35)(H2,36,37,38);;;;/q;;3*+1/p-3. The van der Waals surface area contributed by atoms with Gasteiger partial charge in [0.1, 0.15) is 0 Å². The maximum Gasteiger partial charge on any atom is 1.00 e. The number of aromatic amines is 2. The summed E-state index contributed by atoms with van der Waals surface area (Å²) in [5.74, 6) is -3.81. The number of aryl methyl sites for hydroxylation is 2. The summed E-state index contributed by atoms with van der Waals surface area (Å²) in [6.07, 6.45) is 2.54. The van der Waals surface area contributed by atoms with Crippen LogP contribution in [-0.4, -0.2) is 63.0 Å². The van der Waals surface area contributed by atoms with Gasteiger partial charge in [-0.05, 0) is 0 Å². The second kappa shape index (κ2) is 23.1. The van der Waals surface area contributed by atoms with Crippen LogP contribution in [0.15, 0.2) is 12.4 Å². The van der Waals surface area contributed by atoms with E-state index in [1.807, 2.05) is 0 Å². The Morgan fingerprint density at radius 2 is 1.13 bits per heavy atom. The number of carbonyl (C=O) groups excluding carboxylic acids is 2. The first kappa shape index (κ1) is 50.9. The van der Waals surface area contributed by atoms with Crippen LogP contribution in [0.4, 0.5) is 0 Å². The Bertz CT molecular complexity index is 1300.